The van der Waals surface area contributed by atoms with Gasteiger partial charge in [0.15, 0.2) is 13.2 Å². The molecule has 12 rings (SSSR count). The third kappa shape index (κ3) is 16.3. The van der Waals surface area contributed by atoms with Gasteiger partial charge in [0.1, 0.15) is 23.2 Å². The monoisotopic (exact) mass is 1280 g/mol. The second-order valence-corrected chi connectivity index (χ2v) is 21.8. The fourth-order valence-corrected chi connectivity index (χ4v) is 9.82. The van der Waals surface area contributed by atoms with E-state index in [2.05, 4.69) is 105 Å². The van der Waals surface area contributed by atoms with Crippen molar-refractivity contribution < 1.29 is 43.7 Å². The van der Waals surface area contributed by atoms with Crippen LogP contribution >= 0.6 is 0 Å². The van der Waals surface area contributed by atoms with Gasteiger partial charge in [-0.1, -0.05) is 0 Å². The lowest BCUT2D eigenvalue weighted by Gasteiger charge is -2.48. The first kappa shape index (κ1) is 66.1. The van der Waals surface area contributed by atoms with Crippen molar-refractivity contribution in [3.05, 3.63) is 111 Å². The molecule has 0 aromatic carbocycles. The number of ether oxygens (including phenoxy) is 2. The molecule has 9 aromatic rings. The van der Waals surface area contributed by atoms with Gasteiger partial charge >= 0.3 is 17.9 Å². The van der Waals surface area contributed by atoms with Crippen LogP contribution in [-0.4, -0.2) is 197 Å². The third-order valence-corrected chi connectivity index (χ3v) is 14.7. The van der Waals surface area contributed by atoms with Crippen LogP contribution in [0.3, 0.4) is 0 Å². The highest BCUT2D eigenvalue weighted by Gasteiger charge is 2.49. The summed E-state index contributed by atoms with van der Waals surface area (Å²) in [5.41, 5.74) is 5.39. The van der Waals surface area contributed by atoms with E-state index in [1.807, 2.05) is 62.9 Å². The number of carboxylic acids is 1. The lowest BCUT2D eigenvalue weighted by molar-refractivity contribution is -0.156. The summed E-state index contributed by atoms with van der Waals surface area (Å²) in [5.74, 6) is -1.54. The van der Waals surface area contributed by atoms with Crippen molar-refractivity contribution in [1.82, 2.24) is 104 Å². The molecule has 2 amide bonds. The number of hydrogen-bond acceptors (Lipinski definition) is 27. The summed E-state index contributed by atoms with van der Waals surface area (Å²) >= 11 is 0. The molecule has 36 heteroatoms. The van der Waals surface area contributed by atoms with E-state index in [0.29, 0.717) is 61.8 Å². The molecule has 484 valence electrons. The Morgan fingerprint density at radius 2 is 0.872 bits per heavy atom. The SMILES string of the molecule is CC(=O)OCC(=O)N1CC(CC#N)(n2cc(-c3ccnc(Nc4cnn(C)c4)n3)cn2)C1.CC(=O)OCC(=O)O.Cn1cc(Nc2nccc(-c3cnn(C4(CC#N)CN(C(=O)CO)C4)c3)n2)cn1.Cn1cc(Nc2nccc(-c3cnn(C4(CC#N)CNC4)c3)n2)cn1. The minimum Gasteiger partial charge on any atom is -0.479 e. The van der Waals surface area contributed by atoms with Crippen molar-refractivity contribution in [2.24, 2.45) is 21.1 Å². The number of aromatic nitrogens is 18. The number of aliphatic carboxylic acids is 1. The van der Waals surface area contributed by atoms with E-state index >= 15 is 0 Å². The first-order valence-corrected chi connectivity index (χ1v) is 28.6. The van der Waals surface area contributed by atoms with Gasteiger partial charge in [0.05, 0.1) is 109 Å². The lowest BCUT2D eigenvalue weighted by Crippen LogP contribution is -2.64. The number of likely N-dealkylation sites (tertiary alicyclic amines) is 2. The highest BCUT2D eigenvalue weighted by atomic mass is 16.5. The summed E-state index contributed by atoms with van der Waals surface area (Å²) in [7, 11) is 5.49. The van der Waals surface area contributed by atoms with E-state index in [1.165, 1.54) is 11.8 Å². The van der Waals surface area contributed by atoms with Crippen LogP contribution in [0.2, 0.25) is 0 Å². The maximum atomic E-state index is 12.2. The first-order chi connectivity index (χ1) is 45.2. The molecule has 36 nitrogen and oxygen atoms in total. The summed E-state index contributed by atoms with van der Waals surface area (Å²) in [6.45, 7) is 3.78. The molecule has 12 heterocycles. The van der Waals surface area contributed by atoms with Crippen LogP contribution in [0, 0.1) is 34.0 Å². The van der Waals surface area contributed by atoms with Gasteiger partial charge in [-0.2, -0.15) is 46.4 Å². The molecule has 0 radical (unpaired) electrons. The van der Waals surface area contributed by atoms with E-state index in [4.69, 9.17) is 20.2 Å². The van der Waals surface area contributed by atoms with E-state index < -0.39 is 42.2 Å². The normalized spacial score (nSPS) is 14.2. The topological polar surface area (TPSA) is 454 Å². The van der Waals surface area contributed by atoms with Gasteiger partial charge in [-0.15, -0.1) is 0 Å². The van der Waals surface area contributed by atoms with Gasteiger partial charge in [0.2, 0.25) is 23.8 Å². The molecule has 0 bridgehead atoms. The maximum Gasteiger partial charge on any atom is 0.341 e. The molecule has 94 heavy (non-hydrogen) atoms. The predicted octanol–water partition coefficient (Wildman–Crippen LogP) is 1.76. The fraction of sp³-hybridized carbons (Fsp3) is 0.345. The molecule has 3 fully saturated rings. The van der Waals surface area contributed by atoms with Gasteiger partial charge < -0.3 is 50.8 Å². The zero-order valence-corrected chi connectivity index (χ0v) is 51.4. The van der Waals surface area contributed by atoms with Gasteiger partial charge in [0, 0.05) is 147 Å². The van der Waals surface area contributed by atoms with Crippen molar-refractivity contribution in [1.29, 1.82) is 15.8 Å². The Bertz CT molecular complexity index is 4260. The Kier molecular flexibility index (Phi) is 20.7. The summed E-state index contributed by atoms with van der Waals surface area (Å²) < 4.78 is 19.2. The molecule has 3 saturated heterocycles. The van der Waals surface area contributed by atoms with Crippen molar-refractivity contribution in [2.75, 3.05) is 75.0 Å². The average Bonchev–Trinajstić information content (AvgIpc) is 1.37. The highest BCUT2D eigenvalue weighted by Crippen LogP contribution is 2.36. The van der Waals surface area contributed by atoms with Gasteiger partial charge in [-0.3, -0.25) is 47.3 Å². The minimum absolute atomic E-state index is 0.184. The van der Waals surface area contributed by atoms with E-state index in [1.54, 1.807) is 102 Å². The number of rotatable bonds is 20. The summed E-state index contributed by atoms with van der Waals surface area (Å²) in [6.07, 6.45) is 27.0. The Balaban J connectivity index is 0.000000157. The molecule has 0 aliphatic carbocycles. The summed E-state index contributed by atoms with van der Waals surface area (Å²) in [4.78, 5) is 83.6. The molecule has 0 spiro atoms. The van der Waals surface area contributed by atoms with Crippen LogP contribution in [0.4, 0.5) is 34.9 Å². The molecule has 3 aliphatic rings. The maximum absolute atomic E-state index is 12.2. The summed E-state index contributed by atoms with van der Waals surface area (Å²) in [6, 6.07) is 12.0. The van der Waals surface area contributed by atoms with Crippen LogP contribution in [0.5, 0.6) is 0 Å². The van der Waals surface area contributed by atoms with Crippen LogP contribution in [0.15, 0.2) is 111 Å². The fourth-order valence-electron chi connectivity index (χ4n) is 9.82. The van der Waals surface area contributed by atoms with Crippen molar-refractivity contribution in [2.45, 2.75) is 49.7 Å². The standard InChI is InChI=1S/C20H21N9O3.C18H19N9O2.C16H17N9.C4H6O4/c1-14(30)32-11-18(31)28-12-20(13-28,4-5-21)29-9-15(7-24-29)17-3-6-22-19(26-17)25-16-8-23-27(2)10-16;1-25-9-14(7-21-25)23-17-20-5-2-15(24-17)13-6-22-27(8-13)18(3-4-19)11-26(12-18)16(29)10-28;1-24-9-13(7-20-24)22-15-19-5-2-14(23-15)12-6-21-25(8-12)16(3-4-17)10-18-11-16;1-3(5)8-2-4(6)7/h3,6-10H,4,11-13H2,1-2H3,(H,22,25,26);2,5-9,28H,3,10-12H2,1H3,(H,20,23,24);2,5-9,18H,3,10-11H2,1H3,(H,19,22,23);2H2,1H3,(H,6,7). The number of hydrogen-bond donors (Lipinski definition) is 6. The second-order valence-electron chi connectivity index (χ2n) is 21.8. The number of aliphatic hydroxyl groups excluding tert-OH is 1. The van der Waals surface area contributed by atoms with E-state index in [-0.39, 0.29) is 36.8 Å². The Morgan fingerprint density at radius 3 is 1.17 bits per heavy atom. The number of aryl methyl sites for hydroxylation is 3. The molecule has 0 atom stereocenters. The zero-order valence-electron chi connectivity index (χ0n) is 51.4. The number of esters is 2. The average molecular weight is 1280 g/mol. The van der Waals surface area contributed by atoms with Crippen LogP contribution in [-0.2, 0) is 71.2 Å². The number of carboxylic acid groups (broad SMARTS) is 1. The van der Waals surface area contributed by atoms with Gasteiger partial charge in [-0.25, -0.2) is 34.7 Å². The predicted molar refractivity (Wildman–Crippen MR) is 328 cm³/mol. The van der Waals surface area contributed by atoms with Gasteiger partial charge in [0.25, 0.3) is 5.91 Å². The van der Waals surface area contributed by atoms with Crippen molar-refractivity contribution in [3.8, 4) is 52.0 Å². The largest absolute Gasteiger partial charge is 0.479 e. The summed E-state index contributed by atoms with van der Waals surface area (Å²) in [5, 5.41) is 82.7. The Hall–Kier alpha value is -12.4. The second kappa shape index (κ2) is 29.5. The molecule has 6 N–H and O–H groups in total. The number of nitrogens with one attached hydrogen (secondary N) is 4. The van der Waals surface area contributed by atoms with Crippen LogP contribution in [0.1, 0.15) is 33.1 Å². The zero-order chi connectivity index (χ0) is 67.0. The number of carbonyl (C=O) groups is 5. The Morgan fingerprint density at radius 1 is 0.521 bits per heavy atom. The molecule has 3 aliphatic heterocycles. The van der Waals surface area contributed by atoms with Crippen LogP contribution < -0.4 is 21.3 Å². The highest BCUT2D eigenvalue weighted by molar-refractivity contribution is 5.81. The molecular formula is C58H63N27O9. The third-order valence-electron chi connectivity index (χ3n) is 14.7. The molecule has 9 aromatic heterocycles. The first-order valence-electron chi connectivity index (χ1n) is 28.6. The molecular weight excluding hydrogens is 1220 g/mol. The van der Waals surface area contributed by atoms with E-state index in [9.17, 15) is 34.5 Å². The lowest BCUT2D eigenvalue weighted by atomic mass is 9.86. The quantitative estimate of drug-likeness (QED) is 0.0592. The minimum atomic E-state index is -1.14. The number of nitriles is 3. The molecule has 0 saturated carbocycles. The number of carbonyl (C=O) groups excluding carboxylic acids is 4. The number of nitrogens with zero attached hydrogens (tertiary/aromatic N) is 23. The van der Waals surface area contributed by atoms with Crippen LogP contribution in [0.25, 0.3) is 33.8 Å². The van der Waals surface area contributed by atoms with Crippen molar-refractivity contribution in [3.63, 3.8) is 0 Å². The smallest absolute Gasteiger partial charge is 0.341 e. The number of anilines is 6. The van der Waals surface area contributed by atoms with E-state index in [0.717, 1.165) is 59.5 Å². The van der Waals surface area contributed by atoms with Gasteiger partial charge in [-0.05, 0) is 18.2 Å². The van der Waals surface area contributed by atoms with Crippen molar-refractivity contribution >= 4 is 64.6 Å². The Labute approximate surface area is 535 Å². The number of aliphatic hydroxyl groups is 1. The molecule has 0 unspecified atom stereocenters. The number of amides is 2.